The third-order valence-electron chi connectivity index (χ3n) is 3.17. The van der Waals surface area contributed by atoms with Crippen LogP contribution in [0.5, 0.6) is 0 Å². The van der Waals surface area contributed by atoms with E-state index in [0.29, 0.717) is 5.25 Å². The van der Waals surface area contributed by atoms with Crippen molar-refractivity contribution in [3.8, 4) is 0 Å². The fraction of sp³-hybridized carbons (Fsp3) is 0.250. The van der Waals surface area contributed by atoms with Crippen molar-refractivity contribution >= 4 is 23.5 Å². The van der Waals surface area contributed by atoms with Crippen LogP contribution in [0.3, 0.4) is 0 Å². The molecule has 2 aromatic carbocycles. The normalized spacial score (nSPS) is 18.4. The number of hydrogen-bond donors (Lipinski definition) is 0. The van der Waals surface area contributed by atoms with Crippen LogP contribution in [0.15, 0.2) is 58.3 Å². The number of hydrogen-bond acceptors (Lipinski definition) is 2. The summed E-state index contributed by atoms with van der Waals surface area (Å²) >= 11 is 4.00. The van der Waals surface area contributed by atoms with Gasteiger partial charge in [-0.25, -0.2) is 0 Å². The molecule has 0 aliphatic carbocycles. The zero-order valence-electron chi connectivity index (χ0n) is 10.4. The molecule has 0 saturated carbocycles. The second-order valence-electron chi connectivity index (χ2n) is 4.60. The highest BCUT2D eigenvalue weighted by atomic mass is 32.2. The zero-order chi connectivity index (χ0) is 12.4. The Morgan fingerprint density at radius 1 is 1.11 bits per heavy atom. The van der Waals surface area contributed by atoms with Crippen LogP contribution in [0, 0.1) is 6.92 Å². The summed E-state index contributed by atoms with van der Waals surface area (Å²) in [7, 11) is 0. The maximum atomic E-state index is 2.36. The fourth-order valence-corrected chi connectivity index (χ4v) is 4.80. The van der Waals surface area contributed by atoms with Gasteiger partial charge in [-0.3, -0.25) is 0 Å². The summed E-state index contributed by atoms with van der Waals surface area (Å²) in [5.41, 5.74) is 2.90. The number of aryl methyl sites for hydroxylation is 1. The first kappa shape index (κ1) is 12.2. The Bertz CT molecular complexity index is 534. The van der Waals surface area contributed by atoms with Gasteiger partial charge in [-0.15, -0.1) is 23.5 Å². The second kappa shape index (κ2) is 5.41. The van der Waals surface area contributed by atoms with Crippen molar-refractivity contribution in [3.05, 3.63) is 59.7 Å². The van der Waals surface area contributed by atoms with Gasteiger partial charge in [0.05, 0.1) is 0 Å². The highest BCUT2D eigenvalue weighted by Gasteiger charge is 2.21. The molecule has 0 saturated heterocycles. The van der Waals surface area contributed by atoms with Gasteiger partial charge in [0.15, 0.2) is 0 Å². The van der Waals surface area contributed by atoms with Gasteiger partial charge in [-0.2, -0.15) is 0 Å². The lowest BCUT2D eigenvalue weighted by molar-refractivity contribution is 0.863. The van der Waals surface area contributed by atoms with Crippen molar-refractivity contribution in [1.29, 1.82) is 0 Å². The van der Waals surface area contributed by atoms with Crippen LogP contribution in [0.1, 0.15) is 22.8 Å². The maximum absolute atomic E-state index is 2.36. The van der Waals surface area contributed by atoms with Gasteiger partial charge in [-0.1, -0.05) is 35.9 Å². The van der Waals surface area contributed by atoms with Gasteiger partial charge >= 0.3 is 0 Å². The summed E-state index contributed by atoms with van der Waals surface area (Å²) in [5, 5.41) is 0.614. The average molecular weight is 272 g/mol. The molecule has 1 heterocycles. The van der Waals surface area contributed by atoms with Crippen molar-refractivity contribution in [2.24, 2.45) is 0 Å². The smallest absolute Gasteiger partial charge is 0.0363 e. The first-order valence-corrected chi connectivity index (χ1v) is 8.14. The highest BCUT2D eigenvalue weighted by molar-refractivity contribution is 8.01. The molecule has 0 bridgehead atoms. The van der Waals surface area contributed by atoms with Gasteiger partial charge < -0.3 is 0 Å². The molecule has 0 nitrogen and oxygen atoms in total. The Morgan fingerprint density at radius 2 is 1.94 bits per heavy atom. The van der Waals surface area contributed by atoms with E-state index in [0.717, 1.165) is 0 Å². The van der Waals surface area contributed by atoms with E-state index in [1.54, 1.807) is 0 Å². The molecule has 0 spiro atoms. The van der Waals surface area contributed by atoms with E-state index in [9.17, 15) is 0 Å². The largest absolute Gasteiger partial charge is 0.126 e. The average Bonchev–Trinajstić information content (AvgIpc) is 2.41. The van der Waals surface area contributed by atoms with Crippen molar-refractivity contribution in [1.82, 2.24) is 0 Å². The lowest BCUT2D eigenvalue weighted by atomic mass is 10.1. The van der Waals surface area contributed by atoms with Crippen LogP contribution in [0.2, 0.25) is 0 Å². The molecule has 0 N–H and O–H groups in total. The van der Waals surface area contributed by atoms with E-state index < -0.39 is 0 Å². The van der Waals surface area contributed by atoms with Gasteiger partial charge in [0.25, 0.3) is 0 Å². The first-order valence-electron chi connectivity index (χ1n) is 6.28. The highest BCUT2D eigenvalue weighted by Crippen LogP contribution is 2.46. The molecular weight excluding hydrogens is 256 g/mol. The number of thioether (sulfide) groups is 2. The van der Waals surface area contributed by atoms with E-state index in [1.165, 1.54) is 33.1 Å². The molecule has 0 aromatic heterocycles. The summed E-state index contributed by atoms with van der Waals surface area (Å²) in [6, 6.07) is 17.6. The molecule has 1 aliphatic heterocycles. The molecule has 1 atom stereocenters. The van der Waals surface area contributed by atoms with Crippen molar-refractivity contribution < 1.29 is 0 Å². The minimum absolute atomic E-state index is 0.614. The van der Waals surface area contributed by atoms with E-state index in [4.69, 9.17) is 0 Å². The summed E-state index contributed by atoms with van der Waals surface area (Å²) in [5.74, 6) is 1.24. The quantitative estimate of drug-likeness (QED) is 0.725. The Hall–Kier alpha value is -0.860. The van der Waals surface area contributed by atoms with Crippen LogP contribution >= 0.6 is 23.5 Å². The van der Waals surface area contributed by atoms with Gasteiger partial charge in [0.2, 0.25) is 0 Å². The molecule has 0 amide bonds. The van der Waals surface area contributed by atoms with Crippen LogP contribution < -0.4 is 0 Å². The predicted octanol–water partition coefficient (Wildman–Crippen LogP) is 5.32. The number of fused-ring (bicyclic) bond motifs is 1. The maximum Gasteiger partial charge on any atom is 0.0363 e. The first-order chi connectivity index (χ1) is 8.83. The Labute approximate surface area is 117 Å². The molecule has 1 aliphatic rings. The van der Waals surface area contributed by atoms with E-state index in [-0.39, 0.29) is 0 Å². The van der Waals surface area contributed by atoms with Crippen molar-refractivity contribution in [2.45, 2.75) is 28.4 Å². The molecule has 0 radical (unpaired) electrons. The molecular formula is C16H16S2. The molecule has 0 fully saturated rings. The third-order valence-corrected chi connectivity index (χ3v) is 5.61. The number of rotatable bonds is 2. The third kappa shape index (κ3) is 2.60. The molecule has 18 heavy (non-hydrogen) atoms. The summed E-state index contributed by atoms with van der Waals surface area (Å²) in [6.45, 7) is 2.18. The van der Waals surface area contributed by atoms with E-state index >= 15 is 0 Å². The summed E-state index contributed by atoms with van der Waals surface area (Å²) in [6.07, 6.45) is 1.26. The summed E-state index contributed by atoms with van der Waals surface area (Å²) < 4.78 is 0. The van der Waals surface area contributed by atoms with Gasteiger partial charge in [-0.05, 0) is 42.9 Å². The van der Waals surface area contributed by atoms with Crippen LogP contribution in [0.25, 0.3) is 0 Å². The molecule has 3 rings (SSSR count). The topological polar surface area (TPSA) is 0 Å². The van der Waals surface area contributed by atoms with Crippen LogP contribution in [-0.2, 0) is 0 Å². The predicted molar refractivity (Wildman–Crippen MR) is 81.6 cm³/mol. The molecule has 2 aromatic rings. The lowest BCUT2D eigenvalue weighted by Gasteiger charge is -2.25. The minimum Gasteiger partial charge on any atom is -0.126 e. The minimum atomic E-state index is 0.614. The SMILES string of the molecule is Cc1ccc2c(c1)C(Sc1ccccc1)CCS2. The zero-order valence-corrected chi connectivity index (χ0v) is 12.1. The van der Waals surface area contributed by atoms with Crippen LogP contribution in [-0.4, -0.2) is 5.75 Å². The molecule has 2 heteroatoms. The summed E-state index contributed by atoms with van der Waals surface area (Å²) in [4.78, 5) is 2.85. The Balaban J connectivity index is 1.89. The van der Waals surface area contributed by atoms with Crippen molar-refractivity contribution in [3.63, 3.8) is 0 Å². The van der Waals surface area contributed by atoms with Gasteiger partial charge in [0.1, 0.15) is 0 Å². The Kier molecular flexibility index (Phi) is 3.67. The van der Waals surface area contributed by atoms with Crippen molar-refractivity contribution in [2.75, 3.05) is 5.75 Å². The lowest BCUT2D eigenvalue weighted by Crippen LogP contribution is -2.04. The van der Waals surface area contributed by atoms with E-state index in [2.05, 4.69) is 55.5 Å². The monoisotopic (exact) mass is 272 g/mol. The van der Waals surface area contributed by atoms with Gasteiger partial charge in [0, 0.05) is 15.0 Å². The Morgan fingerprint density at radius 3 is 2.78 bits per heavy atom. The fourth-order valence-electron chi connectivity index (χ4n) is 2.27. The number of benzene rings is 2. The standard InChI is InChI=1S/C16H16S2/c1-12-7-8-15-14(11-12)16(9-10-17-15)18-13-5-3-2-4-6-13/h2-8,11,16H,9-10H2,1H3. The van der Waals surface area contributed by atoms with Crippen LogP contribution in [0.4, 0.5) is 0 Å². The molecule has 92 valence electrons. The molecule has 1 unspecified atom stereocenters. The second-order valence-corrected chi connectivity index (χ2v) is 7.01. The van der Waals surface area contributed by atoms with E-state index in [1.807, 2.05) is 23.5 Å².